The molecule has 1 aliphatic rings. The summed E-state index contributed by atoms with van der Waals surface area (Å²) >= 11 is 0. The van der Waals surface area contributed by atoms with E-state index in [-0.39, 0.29) is 6.61 Å². The van der Waals surface area contributed by atoms with Gasteiger partial charge in [0, 0.05) is 35.6 Å². The van der Waals surface area contributed by atoms with Crippen molar-refractivity contribution < 1.29 is 9.90 Å². The van der Waals surface area contributed by atoms with Gasteiger partial charge in [-0.25, -0.2) is 9.97 Å². The maximum absolute atomic E-state index is 11.1. The van der Waals surface area contributed by atoms with Crippen molar-refractivity contribution in [2.24, 2.45) is 0 Å². The molecule has 1 atom stereocenters. The highest BCUT2D eigenvalue weighted by Crippen LogP contribution is 2.44. The number of nitriles is 2. The summed E-state index contributed by atoms with van der Waals surface area (Å²) in [7, 11) is 1.37. The number of fused-ring (bicyclic) bond motifs is 1. The molecule has 0 unspecified atom stereocenters. The summed E-state index contributed by atoms with van der Waals surface area (Å²) in [4.78, 5) is 25.9. The molecule has 0 aliphatic carbocycles. The van der Waals surface area contributed by atoms with Crippen molar-refractivity contribution in [3.8, 4) is 23.4 Å². The van der Waals surface area contributed by atoms with Crippen LogP contribution in [0.5, 0.6) is 0 Å². The van der Waals surface area contributed by atoms with Gasteiger partial charge in [-0.2, -0.15) is 10.5 Å². The van der Waals surface area contributed by atoms with E-state index >= 15 is 0 Å². The van der Waals surface area contributed by atoms with Gasteiger partial charge in [0.25, 0.3) is 0 Å². The minimum atomic E-state index is -0.648. The van der Waals surface area contributed by atoms with E-state index in [0.717, 1.165) is 5.56 Å². The molecular weight excluding hydrogens is 417 g/mol. The third-order valence-electron chi connectivity index (χ3n) is 5.69. The van der Waals surface area contributed by atoms with Gasteiger partial charge in [-0.15, -0.1) is 0 Å². The van der Waals surface area contributed by atoms with Crippen molar-refractivity contribution in [3.05, 3.63) is 59.0 Å². The van der Waals surface area contributed by atoms with E-state index < -0.39 is 5.41 Å². The zero-order valence-corrected chi connectivity index (χ0v) is 18.1. The van der Waals surface area contributed by atoms with E-state index in [4.69, 9.17) is 5.26 Å². The summed E-state index contributed by atoms with van der Waals surface area (Å²) in [5, 5.41) is 32.1. The second kappa shape index (κ2) is 8.69. The van der Waals surface area contributed by atoms with Gasteiger partial charge in [0.1, 0.15) is 18.3 Å². The number of aliphatic hydroxyl groups excluding tert-OH is 1. The second-order valence-corrected chi connectivity index (χ2v) is 8.02. The lowest BCUT2D eigenvalue weighted by molar-refractivity contribution is 0.217. The van der Waals surface area contributed by atoms with Crippen molar-refractivity contribution >= 4 is 30.9 Å². The first kappa shape index (κ1) is 21.9. The summed E-state index contributed by atoms with van der Waals surface area (Å²) in [6, 6.07) is 11.3. The molecule has 0 amide bonds. The number of carbonyl (C=O) groups is 1. The standard InChI is InChI=1S/C23H19BN7O2/c1-14-20(5-15(8-25)10-28-14)30-22-27-4-3-19(29-22)16-6-17(9-26)21-18(7-16)23(2,12-32)11-31(21)24-13-33/h3-7,10,13,32H,11-12H2,1-2H3,(H,27,29,30)/t23-/m1/s1. The van der Waals surface area contributed by atoms with Gasteiger partial charge in [-0.05, 0) is 36.8 Å². The molecule has 0 bridgehead atoms. The topological polar surface area (TPSA) is 139 Å². The molecule has 3 heterocycles. The maximum Gasteiger partial charge on any atom is 0.329 e. The number of nitrogens with zero attached hydrogens (tertiary/aromatic N) is 6. The molecule has 2 aromatic heterocycles. The van der Waals surface area contributed by atoms with Gasteiger partial charge < -0.3 is 20.0 Å². The summed E-state index contributed by atoms with van der Waals surface area (Å²) in [5.74, 6) is 0.312. The number of anilines is 3. The molecule has 1 aromatic carbocycles. The average molecular weight is 436 g/mol. The molecule has 161 valence electrons. The third kappa shape index (κ3) is 4.00. The smallest absolute Gasteiger partial charge is 0.329 e. The van der Waals surface area contributed by atoms with E-state index in [2.05, 4.69) is 32.4 Å². The zero-order chi connectivity index (χ0) is 23.6. The van der Waals surface area contributed by atoms with Crippen molar-refractivity contribution in [2.75, 3.05) is 23.3 Å². The van der Waals surface area contributed by atoms with Crippen LogP contribution >= 0.6 is 0 Å². The lowest BCUT2D eigenvalue weighted by Crippen LogP contribution is -2.36. The van der Waals surface area contributed by atoms with Crippen LogP contribution in [0.25, 0.3) is 11.3 Å². The van der Waals surface area contributed by atoms with E-state index in [1.54, 1.807) is 29.2 Å². The monoisotopic (exact) mass is 436 g/mol. The number of aliphatic hydroxyl groups is 1. The number of aromatic nitrogens is 3. The van der Waals surface area contributed by atoms with Gasteiger partial charge >= 0.3 is 7.41 Å². The zero-order valence-electron chi connectivity index (χ0n) is 18.1. The van der Waals surface area contributed by atoms with Crippen LogP contribution in [0.15, 0.2) is 36.7 Å². The predicted molar refractivity (Wildman–Crippen MR) is 123 cm³/mol. The van der Waals surface area contributed by atoms with Crippen LogP contribution < -0.4 is 10.1 Å². The first-order valence-electron chi connectivity index (χ1n) is 10.1. The van der Waals surface area contributed by atoms with E-state index in [1.165, 1.54) is 13.6 Å². The minimum Gasteiger partial charge on any atom is -0.410 e. The molecule has 0 saturated carbocycles. The molecular formula is C23H19BN7O2. The molecule has 0 spiro atoms. The van der Waals surface area contributed by atoms with Crippen LogP contribution in [0, 0.1) is 29.6 Å². The van der Waals surface area contributed by atoms with Gasteiger partial charge in [0.15, 0.2) is 0 Å². The fourth-order valence-electron chi connectivity index (χ4n) is 3.93. The van der Waals surface area contributed by atoms with Crippen molar-refractivity contribution in [3.63, 3.8) is 0 Å². The molecule has 1 radical (unpaired) electrons. The summed E-state index contributed by atoms with van der Waals surface area (Å²) in [6.45, 7) is 3.94. The molecule has 9 nitrogen and oxygen atoms in total. The lowest BCUT2D eigenvalue weighted by Gasteiger charge is -2.23. The highest BCUT2D eigenvalue weighted by atomic mass is 16.3. The highest BCUT2D eigenvalue weighted by molar-refractivity contribution is 6.70. The molecule has 0 fully saturated rings. The Bertz CT molecular complexity index is 1330. The number of nitrogens with one attached hydrogen (secondary N) is 1. The maximum atomic E-state index is 11.1. The Morgan fingerprint density at radius 3 is 2.82 bits per heavy atom. The molecule has 1 aliphatic heterocycles. The molecule has 0 saturated heterocycles. The number of hydrogen-bond acceptors (Lipinski definition) is 9. The number of pyridine rings is 1. The summed E-state index contributed by atoms with van der Waals surface area (Å²) in [5.41, 5.74) is 4.10. The lowest BCUT2D eigenvalue weighted by atomic mass is 9.83. The Morgan fingerprint density at radius 1 is 1.30 bits per heavy atom. The normalized spacial score (nSPS) is 16.5. The second-order valence-electron chi connectivity index (χ2n) is 8.02. The van der Waals surface area contributed by atoms with Crippen LogP contribution in [0.1, 0.15) is 29.3 Å². The van der Waals surface area contributed by atoms with Crippen LogP contribution in [0.2, 0.25) is 0 Å². The van der Waals surface area contributed by atoms with Crippen molar-refractivity contribution in [2.45, 2.75) is 19.3 Å². The Kier molecular flexibility index (Phi) is 5.78. The van der Waals surface area contributed by atoms with Gasteiger partial charge in [0.2, 0.25) is 5.95 Å². The number of hydrogen-bond donors (Lipinski definition) is 2. The Balaban J connectivity index is 1.77. The van der Waals surface area contributed by atoms with E-state index in [1.807, 2.05) is 19.9 Å². The van der Waals surface area contributed by atoms with E-state index in [0.29, 0.717) is 58.1 Å². The fourth-order valence-corrected chi connectivity index (χ4v) is 3.93. The highest BCUT2D eigenvalue weighted by Gasteiger charge is 2.40. The first-order valence-corrected chi connectivity index (χ1v) is 10.1. The van der Waals surface area contributed by atoms with Crippen molar-refractivity contribution in [1.82, 2.24) is 15.0 Å². The third-order valence-corrected chi connectivity index (χ3v) is 5.69. The molecule has 3 aromatic rings. The summed E-state index contributed by atoms with van der Waals surface area (Å²) in [6.07, 6.45) is 3.76. The van der Waals surface area contributed by atoms with Crippen LogP contribution in [-0.2, 0) is 10.2 Å². The van der Waals surface area contributed by atoms with Crippen LogP contribution in [-0.4, -0.2) is 46.8 Å². The summed E-state index contributed by atoms with van der Waals surface area (Å²) < 4.78 is 0. The quantitative estimate of drug-likeness (QED) is 0.440. The largest absolute Gasteiger partial charge is 0.410 e. The molecule has 4 rings (SSSR count). The minimum absolute atomic E-state index is 0.143. The Morgan fingerprint density at radius 2 is 2.12 bits per heavy atom. The molecule has 33 heavy (non-hydrogen) atoms. The van der Waals surface area contributed by atoms with Gasteiger partial charge in [-0.1, -0.05) is 6.92 Å². The number of carbonyl (C=O) groups excluding carboxylic acids is 1. The van der Waals surface area contributed by atoms with E-state index in [9.17, 15) is 15.2 Å². The number of benzene rings is 1. The number of aryl methyl sites for hydroxylation is 1. The fraction of sp³-hybridized carbons (Fsp3) is 0.217. The number of rotatable bonds is 6. The van der Waals surface area contributed by atoms with Gasteiger partial charge in [0.05, 0.1) is 34.8 Å². The molecule has 10 heteroatoms. The van der Waals surface area contributed by atoms with Crippen molar-refractivity contribution in [1.29, 1.82) is 10.5 Å². The Labute approximate surface area is 191 Å². The van der Waals surface area contributed by atoms with Crippen LogP contribution in [0.3, 0.4) is 0 Å². The SMILES string of the molecule is Cc1ncc(C#N)cc1Nc1nccc(-c2cc(C#N)c3c(c2)[C@@](C)(CO)CN3[B]C=O)n1. The van der Waals surface area contributed by atoms with Crippen LogP contribution in [0.4, 0.5) is 17.3 Å². The Hall–Kier alpha value is -4.28. The van der Waals surface area contributed by atoms with Gasteiger partial charge in [-0.3, -0.25) is 4.98 Å². The molecule has 2 N–H and O–H groups in total. The predicted octanol–water partition coefficient (Wildman–Crippen LogP) is 2.21. The first-order chi connectivity index (χ1) is 15.9. The average Bonchev–Trinajstić information content (AvgIpc) is 3.12.